The second-order valence-corrected chi connectivity index (χ2v) is 4.06. The van der Waals surface area contributed by atoms with Crippen LogP contribution in [-0.4, -0.2) is 45.2 Å². The van der Waals surface area contributed by atoms with E-state index < -0.39 is 0 Å². The number of rotatable bonds is 8. The molecule has 1 N–H and O–H groups in total. The summed E-state index contributed by atoms with van der Waals surface area (Å²) in [7, 11) is 4.04. The summed E-state index contributed by atoms with van der Waals surface area (Å²) in [6.07, 6.45) is 0.970. The van der Waals surface area contributed by atoms with Gasteiger partial charge < -0.3 is 15.0 Å². The normalized spacial score (nSPS) is 10.8. The summed E-state index contributed by atoms with van der Waals surface area (Å²) in [5, 5.41) is 3.11. The lowest BCUT2D eigenvalue weighted by Gasteiger charge is -2.16. The molecule has 0 atom stereocenters. The summed E-state index contributed by atoms with van der Waals surface area (Å²) < 4.78 is 18.1. The van der Waals surface area contributed by atoms with Gasteiger partial charge in [-0.05, 0) is 44.8 Å². The maximum absolute atomic E-state index is 12.6. The minimum absolute atomic E-state index is 0.232. The van der Waals surface area contributed by atoms with Crippen LogP contribution < -0.4 is 10.1 Å². The van der Waals surface area contributed by atoms with E-state index in [1.165, 1.54) is 12.1 Å². The van der Waals surface area contributed by atoms with Crippen LogP contribution in [0.5, 0.6) is 5.75 Å². The Labute approximate surface area is 103 Å². The predicted molar refractivity (Wildman–Crippen MR) is 67.9 cm³/mol. The molecule has 4 heteroatoms. The molecule has 0 radical (unpaired) electrons. The van der Waals surface area contributed by atoms with Crippen LogP contribution in [0.1, 0.15) is 6.42 Å². The number of ether oxygens (including phenoxy) is 1. The highest BCUT2D eigenvalue weighted by molar-refractivity contribution is 5.21. The molecular weight excluding hydrogens is 219 g/mol. The van der Waals surface area contributed by atoms with Gasteiger partial charge in [-0.25, -0.2) is 4.39 Å². The Balaban J connectivity index is 2.09. The summed E-state index contributed by atoms with van der Waals surface area (Å²) in [6, 6.07) is 6.13. The first-order valence-electron chi connectivity index (χ1n) is 5.94. The fourth-order valence-corrected chi connectivity index (χ4v) is 1.47. The van der Waals surface area contributed by atoms with Crippen molar-refractivity contribution in [1.29, 1.82) is 0 Å². The van der Waals surface area contributed by atoms with Crippen LogP contribution in [0.3, 0.4) is 0 Å². The Bertz CT molecular complexity index is 303. The zero-order chi connectivity index (χ0) is 12.5. The van der Waals surface area contributed by atoms with E-state index in [0.29, 0.717) is 6.61 Å². The van der Waals surface area contributed by atoms with Crippen molar-refractivity contribution in [3.63, 3.8) is 0 Å². The van der Waals surface area contributed by atoms with Gasteiger partial charge in [-0.1, -0.05) is 0 Å². The highest BCUT2D eigenvalue weighted by Gasteiger charge is 1.98. The van der Waals surface area contributed by atoms with Crippen LogP contribution in [-0.2, 0) is 0 Å². The fourth-order valence-electron chi connectivity index (χ4n) is 1.47. The maximum Gasteiger partial charge on any atom is 0.123 e. The number of hydrogen-bond donors (Lipinski definition) is 1. The van der Waals surface area contributed by atoms with Gasteiger partial charge in [0.25, 0.3) is 0 Å². The smallest absolute Gasteiger partial charge is 0.123 e. The molecule has 0 saturated heterocycles. The van der Waals surface area contributed by atoms with Gasteiger partial charge in [0, 0.05) is 19.6 Å². The van der Waals surface area contributed by atoms with E-state index in [-0.39, 0.29) is 5.82 Å². The third-order valence-electron chi connectivity index (χ3n) is 2.51. The van der Waals surface area contributed by atoms with Crippen molar-refractivity contribution in [2.45, 2.75) is 6.42 Å². The Morgan fingerprint density at radius 2 is 1.94 bits per heavy atom. The minimum Gasteiger partial charge on any atom is -0.494 e. The van der Waals surface area contributed by atoms with Crippen molar-refractivity contribution < 1.29 is 9.13 Å². The molecule has 1 rings (SSSR count). The zero-order valence-electron chi connectivity index (χ0n) is 10.6. The van der Waals surface area contributed by atoms with Crippen molar-refractivity contribution >= 4 is 0 Å². The molecule has 0 heterocycles. The first-order valence-corrected chi connectivity index (χ1v) is 5.94. The summed E-state index contributed by atoms with van der Waals surface area (Å²) in [4.78, 5) is 2.25. The second-order valence-electron chi connectivity index (χ2n) is 4.06. The van der Waals surface area contributed by atoms with E-state index in [4.69, 9.17) is 4.74 Å². The number of nitrogens with zero attached hydrogens (tertiary/aromatic N) is 1. The molecule has 3 nitrogen and oxygen atoms in total. The van der Waals surface area contributed by atoms with Gasteiger partial charge in [-0.3, -0.25) is 0 Å². The monoisotopic (exact) mass is 240 g/mol. The topological polar surface area (TPSA) is 24.5 Å². The van der Waals surface area contributed by atoms with E-state index in [0.717, 1.165) is 31.8 Å². The molecule has 0 unspecified atom stereocenters. The standard InChI is InChI=1S/C13H21FN2O/c1-15-8-10-16(2)9-3-11-17-13-6-4-12(14)5-7-13/h4-7,15H,3,8-11H2,1-2H3. The van der Waals surface area contributed by atoms with Crippen molar-refractivity contribution in [3.05, 3.63) is 30.1 Å². The van der Waals surface area contributed by atoms with Crippen LogP contribution in [0.15, 0.2) is 24.3 Å². The van der Waals surface area contributed by atoms with Gasteiger partial charge >= 0.3 is 0 Å². The lowest BCUT2D eigenvalue weighted by Crippen LogP contribution is -2.28. The molecule has 96 valence electrons. The molecule has 17 heavy (non-hydrogen) atoms. The largest absolute Gasteiger partial charge is 0.494 e. The Morgan fingerprint density at radius 3 is 2.59 bits per heavy atom. The van der Waals surface area contributed by atoms with Gasteiger partial charge in [0.15, 0.2) is 0 Å². The van der Waals surface area contributed by atoms with E-state index in [2.05, 4.69) is 17.3 Å². The van der Waals surface area contributed by atoms with Crippen molar-refractivity contribution in [1.82, 2.24) is 10.2 Å². The molecule has 0 saturated carbocycles. The first-order chi connectivity index (χ1) is 8.22. The summed E-state index contributed by atoms with van der Waals surface area (Å²) in [5.41, 5.74) is 0. The van der Waals surface area contributed by atoms with Crippen LogP contribution in [0.2, 0.25) is 0 Å². The fraction of sp³-hybridized carbons (Fsp3) is 0.538. The van der Waals surface area contributed by atoms with Gasteiger partial charge in [-0.15, -0.1) is 0 Å². The molecule has 0 aliphatic heterocycles. The van der Waals surface area contributed by atoms with E-state index >= 15 is 0 Å². The maximum atomic E-state index is 12.6. The summed E-state index contributed by atoms with van der Waals surface area (Å²) in [6.45, 7) is 3.70. The van der Waals surface area contributed by atoms with E-state index in [1.807, 2.05) is 7.05 Å². The number of halogens is 1. The van der Waals surface area contributed by atoms with Gasteiger partial charge in [0.05, 0.1) is 6.61 Å². The van der Waals surface area contributed by atoms with Crippen LogP contribution in [0, 0.1) is 5.82 Å². The van der Waals surface area contributed by atoms with Crippen LogP contribution >= 0.6 is 0 Å². The van der Waals surface area contributed by atoms with Crippen LogP contribution in [0.25, 0.3) is 0 Å². The zero-order valence-corrected chi connectivity index (χ0v) is 10.6. The van der Waals surface area contributed by atoms with Crippen molar-refractivity contribution in [3.8, 4) is 5.75 Å². The molecule has 0 amide bonds. The lowest BCUT2D eigenvalue weighted by atomic mass is 10.3. The number of benzene rings is 1. The third-order valence-corrected chi connectivity index (χ3v) is 2.51. The van der Waals surface area contributed by atoms with Gasteiger partial charge in [0.1, 0.15) is 11.6 Å². The number of hydrogen-bond acceptors (Lipinski definition) is 3. The Hall–Kier alpha value is -1.13. The van der Waals surface area contributed by atoms with E-state index in [1.54, 1.807) is 12.1 Å². The molecule has 1 aromatic carbocycles. The summed E-state index contributed by atoms with van der Waals surface area (Å²) in [5.74, 6) is 0.494. The molecule has 0 aromatic heterocycles. The molecule has 0 fully saturated rings. The molecule has 0 spiro atoms. The highest BCUT2D eigenvalue weighted by atomic mass is 19.1. The molecule has 0 aliphatic rings. The van der Waals surface area contributed by atoms with Crippen LogP contribution in [0.4, 0.5) is 4.39 Å². The quantitative estimate of drug-likeness (QED) is 0.701. The highest BCUT2D eigenvalue weighted by Crippen LogP contribution is 2.11. The minimum atomic E-state index is -0.232. The van der Waals surface area contributed by atoms with Crippen molar-refractivity contribution in [2.24, 2.45) is 0 Å². The third kappa shape index (κ3) is 6.24. The predicted octanol–water partition coefficient (Wildman–Crippen LogP) is 1.75. The first kappa shape index (κ1) is 13.9. The molecule has 1 aromatic rings. The lowest BCUT2D eigenvalue weighted by molar-refractivity contribution is 0.263. The van der Waals surface area contributed by atoms with Crippen molar-refractivity contribution in [2.75, 3.05) is 40.3 Å². The van der Waals surface area contributed by atoms with Gasteiger partial charge in [0.2, 0.25) is 0 Å². The average Bonchev–Trinajstić information content (AvgIpc) is 2.34. The Morgan fingerprint density at radius 1 is 1.24 bits per heavy atom. The molecule has 0 bridgehead atoms. The SMILES string of the molecule is CNCCN(C)CCCOc1ccc(F)cc1. The molecule has 0 aliphatic carbocycles. The number of likely N-dealkylation sites (N-methyl/N-ethyl adjacent to an activating group) is 2. The number of nitrogens with one attached hydrogen (secondary N) is 1. The Kier molecular flexibility index (Phi) is 6.58. The van der Waals surface area contributed by atoms with Gasteiger partial charge in [-0.2, -0.15) is 0 Å². The second kappa shape index (κ2) is 8.03. The molecular formula is C13H21FN2O. The van der Waals surface area contributed by atoms with E-state index in [9.17, 15) is 4.39 Å². The summed E-state index contributed by atoms with van der Waals surface area (Å²) >= 11 is 0. The average molecular weight is 240 g/mol.